The number of carbonyl (C=O) groups excluding carboxylic acids is 1. The number of ketones is 1. The van der Waals surface area contributed by atoms with Crippen LogP contribution in [0.5, 0.6) is 0 Å². The summed E-state index contributed by atoms with van der Waals surface area (Å²) in [4.78, 5) is 15.9. The number of hydrogen-bond acceptors (Lipinski definition) is 2. The Hall–Kier alpha value is -2.74. The van der Waals surface area contributed by atoms with Crippen molar-refractivity contribution in [2.75, 3.05) is 0 Å². The average molecular weight is 287 g/mol. The number of aryl methyl sites for hydroxylation is 1. The number of nitrogens with zero attached hydrogens (tertiary/aromatic N) is 1. The Kier molecular flexibility index (Phi) is 3.84. The van der Waals surface area contributed by atoms with Gasteiger partial charge in [-0.05, 0) is 42.7 Å². The fourth-order valence-corrected chi connectivity index (χ4v) is 2.64. The second-order valence-corrected chi connectivity index (χ2v) is 5.35. The molecule has 2 nitrogen and oxygen atoms in total. The minimum absolute atomic E-state index is 0.0840. The summed E-state index contributed by atoms with van der Waals surface area (Å²) in [5.74, 6) is 0.0840. The highest BCUT2D eigenvalue weighted by molar-refractivity contribution is 5.95. The summed E-state index contributed by atoms with van der Waals surface area (Å²) < 4.78 is 0. The lowest BCUT2D eigenvalue weighted by Gasteiger charge is -2.13. The summed E-state index contributed by atoms with van der Waals surface area (Å²) in [7, 11) is 0. The molecule has 0 aliphatic carbocycles. The third kappa shape index (κ3) is 2.68. The first-order valence-electron chi connectivity index (χ1n) is 7.29. The van der Waals surface area contributed by atoms with E-state index < -0.39 is 0 Å². The smallest absolute Gasteiger partial charge is 0.159 e. The second kappa shape index (κ2) is 5.94. The summed E-state index contributed by atoms with van der Waals surface area (Å²) in [6.45, 7) is 3.68. The van der Waals surface area contributed by atoms with Crippen LogP contribution in [0.2, 0.25) is 0 Å². The Bertz CT molecular complexity index is 805. The quantitative estimate of drug-likeness (QED) is 0.639. The zero-order chi connectivity index (χ0) is 15.5. The van der Waals surface area contributed by atoms with Gasteiger partial charge in [0.1, 0.15) is 0 Å². The minimum Gasteiger partial charge on any atom is -0.295 e. The predicted octanol–water partition coefficient (Wildman–Crippen LogP) is 4.93. The van der Waals surface area contributed by atoms with Crippen LogP contribution in [0.15, 0.2) is 66.9 Å². The van der Waals surface area contributed by atoms with Crippen molar-refractivity contribution in [1.29, 1.82) is 0 Å². The van der Waals surface area contributed by atoms with Gasteiger partial charge in [0, 0.05) is 17.3 Å². The Morgan fingerprint density at radius 3 is 2.32 bits per heavy atom. The number of rotatable bonds is 3. The minimum atomic E-state index is 0.0840. The van der Waals surface area contributed by atoms with E-state index in [9.17, 15) is 4.79 Å². The number of Topliss-reactive ketones (excluding diaryl/α,β-unsaturated/α-hetero) is 1. The molecule has 0 spiro atoms. The van der Waals surface area contributed by atoms with E-state index in [-0.39, 0.29) is 5.78 Å². The lowest BCUT2D eigenvalue weighted by atomic mass is 9.93. The highest BCUT2D eigenvalue weighted by atomic mass is 16.1. The lowest BCUT2D eigenvalue weighted by Crippen LogP contribution is -1.93. The molecule has 0 radical (unpaired) electrons. The van der Waals surface area contributed by atoms with Crippen LogP contribution >= 0.6 is 0 Å². The highest BCUT2D eigenvalue weighted by Crippen LogP contribution is 2.33. The van der Waals surface area contributed by atoms with E-state index >= 15 is 0 Å². The molecule has 0 atom stereocenters. The maximum absolute atomic E-state index is 11.4. The van der Waals surface area contributed by atoms with E-state index in [4.69, 9.17) is 0 Å². The van der Waals surface area contributed by atoms with Gasteiger partial charge in [0.2, 0.25) is 0 Å². The largest absolute Gasteiger partial charge is 0.295 e. The number of aromatic nitrogens is 1. The predicted molar refractivity (Wildman–Crippen MR) is 89.9 cm³/mol. The molecule has 108 valence electrons. The Balaban J connectivity index is 2.15. The molecule has 0 N–H and O–H groups in total. The van der Waals surface area contributed by atoms with Crippen molar-refractivity contribution in [1.82, 2.24) is 4.98 Å². The van der Waals surface area contributed by atoms with Gasteiger partial charge in [0.05, 0.1) is 5.69 Å². The topological polar surface area (TPSA) is 30.0 Å². The third-order valence-corrected chi connectivity index (χ3v) is 3.80. The van der Waals surface area contributed by atoms with Gasteiger partial charge in [0.25, 0.3) is 0 Å². The van der Waals surface area contributed by atoms with Crippen LogP contribution in [-0.4, -0.2) is 10.8 Å². The third-order valence-electron chi connectivity index (χ3n) is 3.80. The van der Waals surface area contributed by atoms with Crippen LogP contribution in [0.3, 0.4) is 0 Å². The monoisotopic (exact) mass is 287 g/mol. The van der Waals surface area contributed by atoms with E-state index in [0.717, 1.165) is 27.9 Å². The molecule has 0 aliphatic rings. The van der Waals surface area contributed by atoms with Crippen molar-refractivity contribution in [2.45, 2.75) is 13.8 Å². The van der Waals surface area contributed by atoms with Crippen LogP contribution in [-0.2, 0) is 0 Å². The molecule has 0 unspecified atom stereocenters. The molecule has 3 aromatic rings. The van der Waals surface area contributed by atoms with E-state index in [0.29, 0.717) is 0 Å². The molecule has 0 saturated heterocycles. The summed E-state index contributed by atoms with van der Waals surface area (Å²) in [5.41, 5.74) is 6.25. The maximum Gasteiger partial charge on any atom is 0.159 e. The lowest BCUT2D eigenvalue weighted by molar-refractivity contribution is 0.101. The van der Waals surface area contributed by atoms with Gasteiger partial charge in [-0.3, -0.25) is 9.78 Å². The molecular weight excluding hydrogens is 270 g/mol. The molecular formula is C20H17NO. The van der Waals surface area contributed by atoms with Gasteiger partial charge >= 0.3 is 0 Å². The molecule has 1 heterocycles. The van der Waals surface area contributed by atoms with E-state index in [2.05, 4.69) is 30.1 Å². The maximum atomic E-state index is 11.4. The van der Waals surface area contributed by atoms with Crippen molar-refractivity contribution in [3.63, 3.8) is 0 Å². The summed E-state index contributed by atoms with van der Waals surface area (Å²) in [5, 5.41) is 0. The van der Waals surface area contributed by atoms with Gasteiger partial charge < -0.3 is 0 Å². The number of hydrogen-bond donors (Lipinski definition) is 0. The van der Waals surface area contributed by atoms with E-state index in [1.54, 1.807) is 6.92 Å². The number of carbonyl (C=O) groups is 1. The first-order valence-corrected chi connectivity index (χ1v) is 7.29. The van der Waals surface area contributed by atoms with Crippen LogP contribution in [0, 0.1) is 6.92 Å². The summed E-state index contributed by atoms with van der Waals surface area (Å²) in [6.07, 6.45) is 1.81. The molecule has 0 bridgehead atoms. The van der Waals surface area contributed by atoms with Crippen LogP contribution in [0.25, 0.3) is 22.4 Å². The Labute approximate surface area is 130 Å². The van der Waals surface area contributed by atoms with Gasteiger partial charge in [-0.1, -0.05) is 48.5 Å². The van der Waals surface area contributed by atoms with Crippen LogP contribution in [0.1, 0.15) is 22.8 Å². The van der Waals surface area contributed by atoms with Gasteiger partial charge in [-0.15, -0.1) is 0 Å². The van der Waals surface area contributed by atoms with Gasteiger partial charge in [-0.25, -0.2) is 0 Å². The van der Waals surface area contributed by atoms with Crippen molar-refractivity contribution in [2.24, 2.45) is 0 Å². The molecule has 0 amide bonds. The molecule has 0 aliphatic heterocycles. The standard InChI is InChI=1S/C20H17NO/c1-14-6-5-7-18(20(14)19-8-3-4-13-21-19)17-11-9-16(10-12-17)15(2)22/h3-13H,1-2H3. The normalized spacial score (nSPS) is 10.5. The molecule has 3 rings (SSSR count). The molecule has 1 aromatic heterocycles. The zero-order valence-corrected chi connectivity index (χ0v) is 12.7. The molecule has 2 heteroatoms. The summed E-state index contributed by atoms with van der Waals surface area (Å²) in [6, 6.07) is 19.9. The average Bonchev–Trinajstić information content (AvgIpc) is 2.55. The van der Waals surface area contributed by atoms with E-state index in [1.807, 2.05) is 48.7 Å². The molecule has 0 fully saturated rings. The van der Waals surface area contributed by atoms with Gasteiger partial charge in [-0.2, -0.15) is 0 Å². The Morgan fingerprint density at radius 2 is 1.68 bits per heavy atom. The fourth-order valence-electron chi connectivity index (χ4n) is 2.64. The molecule has 0 saturated carbocycles. The summed E-state index contributed by atoms with van der Waals surface area (Å²) >= 11 is 0. The first-order chi connectivity index (χ1) is 10.7. The second-order valence-electron chi connectivity index (χ2n) is 5.35. The molecule has 2 aromatic carbocycles. The number of benzene rings is 2. The van der Waals surface area contributed by atoms with Crippen molar-refractivity contribution < 1.29 is 4.79 Å². The first kappa shape index (κ1) is 14.2. The fraction of sp³-hybridized carbons (Fsp3) is 0.100. The number of pyridine rings is 1. The Morgan fingerprint density at radius 1 is 0.909 bits per heavy atom. The van der Waals surface area contributed by atoms with Crippen molar-refractivity contribution in [3.05, 3.63) is 78.0 Å². The van der Waals surface area contributed by atoms with Crippen molar-refractivity contribution in [3.8, 4) is 22.4 Å². The van der Waals surface area contributed by atoms with Gasteiger partial charge in [0.15, 0.2) is 5.78 Å². The SMILES string of the molecule is CC(=O)c1ccc(-c2cccc(C)c2-c2ccccn2)cc1. The van der Waals surface area contributed by atoms with E-state index in [1.165, 1.54) is 5.56 Å². The van der Waals surface area contributed by atoms with Crippen molar-refractivity contribution >= 4 is 5.78 Å². The molecule has 22 heavy (non-hydrogen) atoms. The van der Waals surface area contributed by atoms with Crippen LogP contribution in [0.4, 0.5) is 0 Å². The zero-order valence-electron chi connectivity index (χ0n) is 12.7. The highest BCUT2D eigenvalue weighted by Gasteiger charge is 2.11. The van der Waals surface area contributed by atoms with Crippen LogP contribution < -0.4 is 0 Å².